The van der Waals surface area contributed by atoms with Crippen molar-refractivity contribution >= 4 is 0 Å². The largest absolute Gasteiger partial charge is 0.379 e. The zero-order valence-electron chi connectivity index (χ0n) is 18.6. The SMILES string of the molecule is COC[C@@]12OC[C@H]3O[C@H](OC)[C@H](OC)[C@@H](OC)[C@@H]3O[C@@H](O1)[C@H](OC)[C@@H](OC)[C@@H]2OC. The molecule has 11 nitrogen and oxygen atoms in total. The fourth-order valence-corrected chi connectivity index (χ4v) is 4.57. The lowest BCUT2D eigenvalue weighted by Crippen LogP contribution is -2.73. The quantitative estimate of drug-likeness (QED) is 0.492. The highest BCUT2D eigenvalue weighted by molar-refractivity contribution is 5.01. The van der Waals surface area contributed by atoms with Crippen molar-refractivity contribution in [1.29, 1.82) is 0 Å². The smallest absolute Gasteiger partial charge is 0.224 e. The third kappa shape index (κ3) is 4.14. The number of ether oxygens (including phenoxy) is 11. The average molecular weight is 438 g/mol. The van der Waals surface area contributed by atoms with Crippen LogP contribution >= 0.6 is 0 Å². The maximum Gasteiger partial charge on any atom is 0.224 e. The first-order chi connectivity index (χ1) is 14.5. The summed E-state index contributed by atoms with van der Waals surface area (Å²) in [6.07, 6.45) is -5.43. The van der Waals surface area contributed by atoms with Crippen LogP contribution < -0.4 is 0 Å². The summed E-state index contributed by atoms with van der Waals surface area (Å²) >= 11 is 0. The summed E-state index contributed by atoms with van der Waals surface area (Å²) in [4.78, 5) is 0. The van der Waals surface area contributed by atoms with Gasteiger partial charge in [0.2, 0.25) is 5.79 Å². The monoisotopic (exact) mass is 438 g/mol. The fraction of sp³-hybridized carbons (Fsp3) is 1.00. The Labute approximate surface area is 177 Å². The van der Waals surface area contributed by atoms with E-state index in [2.05, 4.69) is 0 Å². The summed E-state index contributed by atoms with van der Waals surface area (Å²) in [6, 6.07) is 0. The van der Waals surface area contributed by atoms with Gasteiger partial charge >= 0.3 is 0 Å². The summed E-state index contributed by atoms with van der Waals surface area (Å²) in [5, 5.41) is 0. The molecule has 3 aliphatic heterocycles. The molecule has 0 N–H and O–H groups in total. The van der Waals surface area contributed by atoms with Gasteiger partial charge in [-0.15, -0.1) is 0 Å². The first-order valence-corrected chi connectivity index (χ1v) is 9.82. The number of hydrogen-bond donors (Lipinski definition) is 0. The van der Waals surface area contributed by atoms with Gasteiger partial charge in [0.1, 0.15) is 49.3 Å². The normalized spacial score (nSPS) is 46.7. The van der Waals surface area contributed by atoms with Gasteiger partial charge in [-0.25, -0.2) is 0 Å². The number of methoxy groups -OCH3 is 7. The molecule has 0 aromatic heterocycles. The molecule has 3 heterocycles. The van der Waals surface area contributed by atoms with Crippen molar-refractivity contribution in [2.45, 2.75) is 61.1 Å². The maximum atomic E-state index is 6.39. The van der Waals surface area contributed by atoms with Gasteiger partial charge in [-0.05, 0) is 0 Å². The van der Waals surface area contributed by atoms with E-state index in [1.165, 1.54) is 0 Å². The van der Waals surface area contributed by atoms with Crippen LogP contribution in [0.15, 0.2) is 0 Å². The Morgan fingerprint density at radius 1 is 0.733 bits per heavy atom. The van der Waals surface area contributed by atoms with Crippen molar-refractivity contribution < 1.29 is 52.1 Å². The van der Waals surface area contributed by atoms with Gasteiger partial charge in [-0.3, -0.25) is 0 Å². The van der Waals surface area contributed by atoms with Crippen molar-refractivity contribution in [2.75, 3.05) is 63.0 Å². The Morgan fingerprint density at radius 3 is 1.93 bits per heavy atom. The molecule has 176 valence electrons. The van der Waals surface area contributed by atoms with Gasteiger partial charge in [0.25, 0.3) is 0 Å². The van der Waals surface area contributed by atoms with E-state index in [0.717, 1.165) is 0 Å². The summed E-state index contributed by atoms with van der Waals surface area (Å²) in [6.45, 7) is 0.200. The molecule has 30 heavy (non-hydrogen) atoms. The Kier molecular flexibility index (Phi) is 8.43. The predicted molar refractivity (Wildman–Crippen MR) is 100.0 cm³/mol. The van der Waals surface area contributed by atoms with Gasteiger partial charge in [-0.2, -0.15) is 0 Å². The second-order valence-corrected chi connectivity index (χ2v) is 7.38. The average Bonchev–Trinajstić information content (AvgIpc) is 2.76. The highest BCUT2D eigenvalue weighted by Gasteiger charge is 2.61. The van der Waals surface area contributed by atoms with Gasteiger partial charge in [-0.1, -0.05) is 0 Å². The summed E-state index contributed by atoms with van der Waals surface area (Å²) in [5.41, 5.74) is 0. The summed E-state index contributed by atoms with van der Waals surface area (Å²) in [5.74, 6) is -1.29. The third-order valence-electron chi connectivity index (χ3n) is 5.93. The van der Waals surface area contributed by atoms with Crippen LogP contribution in [0.1, 0.15) is 0 Å². The van der Waals surface area contributed by atoms with Crippen LogP contribution in [0.25, 0.3) is 0 Å². The van der Waals surface area contributed by atoms with Crippen LogP contribution in [0, 0.1) is 0 Å². The van der Waals surface area contributed by atoms with Gasteiger partial charge in [0, 0.05) is 49.8 Å². The first-order valence-electron chi connectivity index (χ1n) is 9.82. The van der Waals surface area contributed by atoms with E-state index in [4.69, 9.17) is 52.1 Å². The van der Waals surface area contributed by atoms with Crippen molar-refractivity contribution in [1.82, 2.24) is 0 Å². The Balaban J connectivity index is 1.99. The van der Waals surface area contributed by atoms with Gasteiger partial charge in [0.15, 0.2) is 12.6 Å². The van der Waals surface area contributed by atoms with E-state index < -0.39 is 61.1 Å². The predicted octanol–water partition coefficient (Wildman–Crippen LogP) is -0.453. The highest BCUT2D eigenvalue weighted by Crippen LogP contribution is 2.41. The molecule has 0 radical (unpaired) electrons. The number of rotatable bonds is 8. The molecule has 11 heteroatoms. The van der Waals surface area contributed by atoms with Crippen molar-refractivity contribution in [2.24, 2.45) is 0 Å². The van der Waals surface area contributed by atoms with E-state index >= 15 is 0 Å². The van der Waals surface area contributed by atoms with Crippen LogP contribution in [0.5, 0.6) is 0 Å². The molecule has 0 amide bonds. The van der Waals surface area contributed by atoms with Gasteiger partial charge < -0.3 is 52.1 Å². The number of hydrogen-bond acceptors (Lipinski definition) is 11. The second kappa shape index (κ2) is 10.5. The summed E-state index contributed by atoms with van der Waals surface area (Å²) in [7, 11) is 10.9. The van der Waals surface area contributed by atoms with E-state index in [1.807, 2.05) is 0 Å². The topological polar surface area (TPSA) is 102 Å². The Hall–Kier alpha value is -0.440. The Bertz CT molecular complexity index is 537. The molecule has 2 bridgehead atoms. The Morgan fingerprint density at radius 2 is 1.40 bits per heavy atom. The van der Waals surface area contributed by atoms with Crippen LogP contribution in [0.3, 0.4) is 0 Å². The van der Waals surface area contributed by atoms with E-state index in [9.17, 15) is 0 Å². The zero-order chi connectivity index (χ0) is 21.9. The lowest BCUT2D eigenvalue weighted by Gasteiger charge is -2.55. The summed E-state index contributed by atoms with van der Waals surface area (Å²) < 4.78 is 64.3. The van der Waals surface area contributed by atoms with Crippen LogP contribution in [0.2, 0.25) is 0 Å². The molecule has 3 rings (SSSR count). The lowest BCUT2D eigenvalue weighted by molar-refractivity contribution is -0.452. The minimum Gasteiger partial charge on any atom is -0.379 e. The molecule has 0 aromatic carbocycles. The van der Waals surface area contributed by atoms with Crippen LogP contribution in [-0.2, 0) is 52.1 Å². The molecule has 3 aliphatic rings. The number of fused-ring (bicyclic) bond motifs is 3. The minimum absolute atomic E-state index is 0.0845. The van der Waals surface area contributed by atoms with Crippen LogP contribution in [0.4, 0.5) is 0 Å². The van der Waals surface area contributed by atoms with E-state index in [1.54, 1.807) is 49.8 Å². The fourth-order valence-electron chi connectivity index (χ4n) is 4.57. The van der Waals surface area contributed by atoms with Gasteiger partial charge in [0.05, 0.1) is 6.61 Å². The molecular formula is C19H34O11. The molecule has 3 saturated heterocycles. The van der Waals surface area contributed by atoms with E-state index in [-0.39, 0.29) is 13.2 Å². The molecule has 0 aliphatic carbocycles. The minimum atomic E-state index is -1.29. The standard InChI is InChI=1S/C19H34O11/c1-20-9-19-16(25-6)13(22-3)15(24-5)18(30-19)29-11-10(8-27-19)28-17(26-7)14(23-4)12(11)21-2/h10-18H,8-9H2,1-7H3/t10-,11-,12+,13-,14-,15-,16+,17+,18+,19-/m1/s1. The third-order valence-corrected chi connectivity index (χ3v) is 5.93. The highest BCUT2D eigenvalue weighted by atomic mass is 16.8. The maximum absolute atomic E-state index is 6.39. The molecule has 3 fully saturated rings. The van der Waals surface area contributed by atoms with E-state index in [0.29, 0.717) is 0 Å². The second-order valence-electron chi connectivity index (χ2n) is 7.38. The molecule has 0 aromatic rings. The molecular weight excluding hydrogens is 404 g/mol. The molecule has 10 atom stereocenters. The first kappa shape index (κ1) is 24.2. The van der Waals surface area contributed by atoms with Crippen molar-refractivity contribution in [3.63, 3.8) is 0 Å². The zero-order valence-corrected chi connectivity index (χ0v) is 18.6. The molecule has 0 unspecified atom stereocenters. The van der Waals surface area contributed by atoms with Crippen molar-refractivity contribution in [3.05, 3.63) is 0 Å². The molecule has 0 saturated carbocycles. The lowest BCUT2D eigenvalue weighted by atomic mass is 9.93. The van der Waals surface area contributed by atoms with Crippen molar-refractivity contribution in [3.8, 4) is 0 Å². The molecule has 0 spiro atoms. The van der Waals surface area contributed by atoms with Crippen LogP contribution in [-0.4, -0.2) is 124 Å².